The van der Waals surface area contributed by atoms with Crippen LogP contribution in [0.1, 0.15) is 6.92 Å². The first-order valence-corrected chi connectivity index (χ1v) is 6.65. The summed E-state index contributed by atoms with van der Waals surface area (Å²) < 4.78 is 37.8. The molecule has 1 atom stereocenters. The van der Waals surface area contributed by atoms with Crippen molar-refractivity contribution in [3.05, 3.63) is 29.0 Å². The number of hydrogen-bond donors (Lipinski definition) is 1. The number of likely N-dealkylation sites (N-methyl/N-ethyl adjacent to an activating group) is 1. The number of nitrogens with zero attached hydrogens (tertiary/aromatic N) is 1. The number of halogens is 2. The molecule has 18 heavy (non-hydrogen) atoms. The van der Waals surface area contributed by atoms with E-state index >= 15 is 0 Å². The molecule has 0 heterocycles. The molecule has 0 spiro atoms. The first-order chi connectivity index (χ1) is 8.16. The van der Waals surface area contributed by atoms with Gasteiger partial charge in [-0.05, 0) is 25.1 Å². The summed E-state index contributed by atoms with van der Waals surface area (Å²) in [4.78, 5) is 10.4. The number of carboxylic acid groups (broad SMARTS) is 1. The van der Waals surface area contributed by atoms with Crippen LogP contribution >= 0.6 is 11.6 Å². The number of hydrogen-bond acceptors (Lipinski definition) is 3. The highest BCUT2D eigenvalue weighted by Crippen LogP contribution is 2.22. The molecule has 0 amide bonds. The van der Waals surface area contributed by atoms with Gasteiger partial charge in [-0.2, -0.15) is 4.31 Å². The second-order valence-electron chi connectivity index (χ2n) is 3.64. The van der Waals surface area contributed by atoms with E-state index in [1.807, 2.05) is 0 Å². The average molecular weight is 296 g/mol. The van der Waals surface area contributed by atoms with E-state index in [1.54, 1.807) is 0 Å². The van der Waals surface area contributed by atoms with Crippen molar-refractivity contribution in [3.8, 4) is 0 Å². The molecule has 5 nitrogen and oxygen atoms in total. The second kappa shape index (κ2) is 5.21. The third kappa shape index (κ3) is 2.98. The van der Waals surface area contributed by atoms with Crippen molar-refractivity contribution in [2.75, 3.05) is 7.05 Å². The monoisotopic (exact) mass is 295 g/mol. The van der Waals surface area contributed by atoms with Gasteiger partial charge >= 0.3 is 5.97 Å². The van der Waals surface area contributed by atoms with Crippen LogP contribution < -0.4 is 0 Å². The molecule has 100 valence electrons. The van der Waals surface area contributed by atoms with Crippen molar-refractivity contribution in [1.29, 1.82) is 0 Å². The van der Waals surface area contributed by atoms with Crippen molar-refractivity contribution >= 4 is 27.6 Å². The lowest BCUT2D eigenvalue weighted by atomic mass is 10.3. The summed E-state index contributed by atoms with van der Waals surface area (Å²) in [5.41, 5.74) is 0. The molecule has 0 aliphatic carbocycles. The van der Waals surface area contributed by atoms with Gasteiger partial charge in [-0.25, -0.2) is 12.8 Å². The van der Waals surface area contributed by atoms with Gasteiger partial charge in [0, 0.05) is 12.1 Å². The minimum atomic E-state index is -4.10. The Morgan fingerprint density at radius 1 is 1.44 bits per heavy atom. The average Bonchev–Trinajstić information content (AvgIpc) is 2.25. The molecule has 0 saturated heterocycles. The summed E-state index contributed by atoms with van der Waals surface area (Å²) in [5.74, 6) is -2.11. The van der Waals surface area contributed by atoms with Crippen LogP contribution in [0.4, 0.5) is 4.39 Å². The number of aliphatic carboxylic acids is 1. The molecule has 8 heteroatoms. The van der Waals surface area contributed by atoms with Gasteiger partial charge in [0.15, 0.2) is 0 Å². The number of carbonyl (C=O) groups is 1. The number of rotatable bonds is 4. The molecular formula is C10H11ClFNO4S. The van der Waals surface area contributed by atoms with Gasteiger partial charge < -0.3 is 5.11 Å². The van der Waals surface area contributed by atoms with Crippen LogP contribution in [0.25, 0.3) is 0 Å². The predicted octanol–water partition coefficient (Wildman–Crippen LogP) is 1.57. The van der Waals surface area contributed by atoms with Gasteiger partial charge in [0.2, 0.25) is 10.0 Å². The van der Waals surface area contributed by atoms with Crippen molar-refractivity contribution in [1.82, 2.24) is 4.31 Å². The van der Waals surface area contributed by atoms with E-state index in [0.29, 0.717) is 4.31 Å². The van der Waals surface area contributed by atoms with E-state index in [4.69, 9.17) is 16.7 Å². The van der Waals surface area contributed by atoms with Crippen molar-refractivity contribution in [3.63, 3.8) is 0 Å². The normalized spacial score (nSPS) is 13.6. The Hall–Kier alpha value is -1.18. The Morgan fingerprint density at radius 3 is 2.44 bits per heavy atom. The standard InChI is InChI=1S/C10H11ClFNO4S/c1-6(10(14)15)13(2)18(16,17)9-4-7(11)3-8(12)5-9/h3-6H,1-2H3,(H,14,15). The topological polar surface area (TPSA) is 74.7 Å². The van der Waals surface area contributed by atoms with Crippen LogP contribution in [0.15, 0.2) is 23.1 Å². The second-order valence-corrected chi connectivity index (χ2v) is 6.07. The van der Waals surface area contributed by atoms with Gasteiger partial charge in [-0.3, -0.25) is 4.79 Å². The number of sulfonamides is 1. The third-order valence-corrected chi connectivity index (χ3v) is 4.54. The Kier molecular flexibility index (Phi) is 4.31. The first kappa shape index (κ1) is 14.9. The minimum Gasteiger partial charge on any atom is -0.480 e. The van der Waals surface area contributed by atoms with Crippen LogP contribution in [-0.4, -0.2) is 36.9 Å². The Balaban J connectivity index is 3.25. The van der Waals surface area contributed by atoms with Gasteiger partial charge in [-0.15, -0.1) is 0 Å². The largest absolute Gasteiger partial charge is 0.480 e. The van der Waals surface area contributed by atoms with E-state index in [2.05, 4.69) is 0 Å². The van der Waals surface area contributed by atoms with Gasteiger partial charge in [0.1, 0.15) is 11.9 Å². The van der Waals surface area contributed by atoms with Gasteiger partial charge in [0.25, 0.3) is 0 Å². The Morgan fingerprint density at radius 2 is 2.00 bits per heavy atom. The molecule has 0 aliphatic heterocycles. The molecule has 0 aliphatic rings. The highest BCUT2D eigenvalue weighted by Gasteiger charge is 2.29. The van der Waals surface area contributed by atoms with E-state index in [9.17, 15) is 17.6 Å². The fourth-order valence-electron chi connectivity index (χ4n) is 1.21. The van der Waals surface area contributed by atoms with Gasteiger partial charge in [0.05, 0.1) is 4.90 Å². The molecule has 0 saturated carbocycles. The summed E-state index contributed by atoms with van der Waals surface area (Å²) in [6.07, 6.45) is 0. The number of carboxylic acids is 1. The quantitative estimate of drug-likeness (QED) is 0.915. The van der Waals surface area contributed by atoms with E-state index in [0.717, 1.165) is 25.2 Å². The van der Waals surface area contributed by atoms with Crippen LogP contribution in [0.5, 0.6) is 0 Å². The lowest BCUT2D eigenvalue weighted by Crippen LogP contribution is -2.40. The molecule has 0 bridgehead atoms. The lowest BCUT2D eigenvalue weighted by molar-refractivity contribution is -0.140. The summed E-state index contributed by atoms with van der Waals surface area (Å²) >= 11 is 5.56. The zero-order valence-corrected chi connectivity index (χ0v) is 11.2. The van der Waals surface area contributed by atoms with E-state index in [1.165, 1.54) is 6.92 Å². The van der Waals surface area contributed by atoms with Crippen LogP contribution in [0.3, 0.4) is 0 Å². The summed E-state index contributed by atoms with van der Waals surface area (Å²) in [7, 11) is -3.00. The summed E-state index contributed by atoms with van der Waals surface area (Å²) in [5, 5.41) is 8.69. The molecule has 1 N–H and O–H groups in total. The number of benzene rings is 1. The van der Waals surface area contributed by atoms with E-state index in [-0.39, 0.29) is 9.92 Å². The fourth-order valence-corrected chi connectivity index (χ4v) is 2.87. The van der Waals surface area contributed by atoms with Crippen molar-refractivity contribution < 1.29 is 22.7 Å². The smallest absolute Gasteiger partial charge is 0.321 e. The fraction of sp³-hybridized carbons (Fsp3) is 0.300. The van der Waals surface area contributed by atoms with Crippen LogP contribution in [-0.2, 0) is 14.8 Å². The maximum atomic E-state index is 13.1. The summed E-state index contributed by atoms with van der Waals surface area (Å²) in [6, 6.07) is 1.54. The molecule has 1 aromatic rings. The molecule has 0 fully saturated rings. The van der Waals surface area contributed by atoms with Crippen LogP contribution in [0, 0.1) is 5.82 Å². The molecule has 1 aromatic carbocycles. The maximum absolute atomic E-state index is 13.1. The van der Waals surface area contributed by atoms with Crippen LogP contribution in [0.2, 0.25) is 5.02 Å². The van der Waals surface area contributed by atoms with Crippen molar-refractivity contribution in [2.24, 2.45) is 0 Å². The molecule has 1 unspecified atom stereocenters. The first-order valence-electron chi connectivity index (χ1n) is 4.83. The summed E-state index contributed by atoms with van der Waals surface area (Å²) in [6.45, 7) is 1.21. The highest BCUT2D eigenvalue weighted by molar-refractivity contribution is 7.89. The molecule has 1 rings (SSSR count). The van der Waals surface area contributed by atoms with Crippen molar-refractivity contribution in [2.45, 2.75) is 17.9 Å². The zero-order chi connectivity index (χ0) is 14.1. The minimum absolute atomic E-state index is 0.0787. The SMILES string of the molecule is CC(C(=O)O)N(C)S(=O)(=O)c1cc(F)cc(Cl)c1. The Bertz CT molecular complexity index is 555. The lowest BCUT2D eigenvalue weighted by Gasteiger charge is -2.21. The maximum Gasteiger partial charge on any atom is 0.321 e. The zero-order valence-electron chi connectivity index (χ0n) is 9.59. The molecule has 0 aromatic heterocycles. The Labute approximate surface area is 109 Å². The highest BCUT2D eigenvalue weighted by atomic mass is 35.5. The molecule has 0 radical (unpaired) electrons. The van der Waals surface area contributed by atoms with Gasteiger partial charge in [-0.1, -0.05) is 11.6 Å². The molecular weight excluding hydrogens is 285 g/mol. The third-order valence-electron chi connectivity index (χ3n) is 2.42. The van der Waals surface area contributed by atoms with E-state index < -0.39 is 27.9 Å². The predicted molar refractivity (Wildman–Crippen MR) is 63.5 cm³/mol.